The van der Waals surface area contributed by atoms with E-state index in [1.807, 2.05) is 47.0 Å². The Morgan fingerprint density at radius 1 is 1.02 bits per heavy atom. The zero-order chi connectivity index (χ0) is 32.3. The molecular formula is C25H44N4O10SSi2. The number of nitrogens with two attached hydrogens (primary N) is 1. The molecule has 14 nitrogen and oxygen atoms in total. The zero-order valence-electron chi connectivity index (χ0n) is 26.4. The third-order valence-corrected chi connectivity index (χ3v) is 18.8. The highest BCUT2D eigenvalue weighted by Crippen LogP contribution is 2.52. The maximum absolute atomic E-state index is 13.0. The molecule has 1 saturated heterocycles. The molecule has 0 amide bonds. The summed E-state index contributed by atoms with van der Waals surface area (Å²) in [4.78, 5) is 25.5. The molecule has 1 aromatic heterocycles. The number of hydrogen-bond donors (Lipinski definition) is 1. The SMILES string of the molecule is COC(=O)c1nnn([C@@H]2O[C@H](CO[Si](C)(C)C(C)(C)C)C3(OS(=O)(=O)C=C3N)[C@H]2O[Si](C)(C)C(C)(C)C)c1C(=O)OC. The molecule has 0 radical (unpaired) electrons. The van der Waals surface area contributed by atoms with Gasteiger partial charge in [-0.2, -0.15) is 8.42 Å². The standard InChI is InChI=1S/C25H44N4O10SSi2/c1-23(2,3)41(9,10)36-13-16-25(15(26)14-40(32,33)39-25)19(38-42(11,12)24(4,5)6)20(37-16)29-18(22(31)35-8)17(27-28-29)21(30)34-7/h14,16,19-20H,13,26H2,1-12H3/t16-,19+,20-,25?/m1/s1. The van der Waals surface area contributed by atoms with Gasteiger partial charge in [-0.05, 0) is 36.3 Å². The van der Waals surface area contributed by atoms with Crippen LogP contribution in [-0.4, -0.2) is 90.6 Å². The number of carbonyl (C=O) groups is 2. The molecule has 2 aliphatic heterocycles. The number of aromatic nitrogens is 3. The van der Waals surface area contributed by atoms with E-state index >= 15 is 0 Å². The second kappa shape index (κ2) is 11.1. The summed E-state index contributed by atoms with van der Waals surface area (Å²) in [5, 5.41) is 8.23. The average molecular weight is 649 g/mol. The highest BCUT2D eigenvalue weighted by Gasteiger charge is 2.68. The average Bonchev–Trinajstić information content (AvgIpc) is 3.47. The van der Waals surface area contributed by atoms with Gasteiger partial charge in [-0.3, -0.25) is 0 Å². The van der Waals surface area contributed by atoms with E-state index in [9.17, 15) is 18.0 Å². The van der Waals surface area contributed by atoms with Gasteiger partial charge < -0.3 is 28.8 Å². The van der Waals surface area contributed by atoms with E-state index in [2.05, 4.69) is 31.1 Å². The van der Waals surface area contributed by atoms with Crippen molar-refractivity contribution in [3.8, 4) is 0 Å². The zero-order valence-corrected chi connectivity index (χ0v) is 29.2. The Morgan fingerprint density at radius 2 is 1.57 bits per heavy atom. The van der Waals surface area contributed by atoms with Crippen molar-refractivity contribution in [2.75, 3.05) is 20.8 Å². The van der Waals surface area contributed by atoms with Crippen LogP contribution in [0.3, 0.4) is 0 Å². The fourth-order valence-electron chi connectivity index (χ4n) is 4.18. The number of rotatable bonds is 8. The first-order valence-corrected chi connectivity index (χ1v) is 20.8. The van der Waals surface area contributed by atoms with E-state index in [0.29, 0.717) is 0 Å². The van der Waals surface area contributed by atoms with E-state index in [1.165, 1.54) is 0 Å². The summed E-state index contributed by atoms with van der Waals surface area (Å²) in [6, 6.07) is 0. The number of carbonyl (C=O) groups excluding carboxylic acids is 2. The van der Waals surface area contributed by atoms with Gasteiger partial charge in [0.25, 0.3) is 10.1 Å². The second-order valence-electron chi connectivity index (χ2n) is 13.5. The van der Waals surface area contributed by atoms with Crippen LogP contribution in [0.2, 0.25) is 36.3 Å². The predicted molar refractivity (Wildman–Crippen MR) is 157 cm³/mol. The summed E-state index contributed by atoms with van der Waals surface area (Å²) in [6.45, 7) is 20.1. The van der Waals surface area contributed by atoms with E-state index < -0.39 is 68.4 Å². The van der Waals surface area contributed by atoms with E-state index in [0.717, 1.165) is 24.3 Å². The van der Waals surface area contributed by atoms with Gasteiger partial charge in [0.05, 0.1) is 31.9 Å². The van der Waals surface area contributed by atoms with Crippen molar-refractivity contribution in [3.05, 3.63) is 22.5 Å². The molecule has 0 bridgehead atoms. The summed E-state index contributed by atoms with van der Waals surface area (Å²) in [5.74, 6) is -1.89. The van der Waals surface area contributed by atoms with Crippen molar-refractivity contribution in [3.63, 3.8) is 0 Å². The lowest BCUT2D eigenvalue weighted by Crippen LogP contribution is -2.59. The van der Waals surface area contributed by atoms with E-state index in [-0.39, 0.29) is 28.1 Å². The smallest absolute Gasteiger partial charge is 0.361 e. The third-order valence-electron chi connectivity index (χ3n) is 8.76. The minimum absolute atomic E-state index is 0.111. The highest BCUT2D eigenvalue weighted by molar-refractivity contribution is 7.90. The van der Waals surface area contributed by atoms with Crippen LogP contribution in [0.5, 0.6) is 0 Å². The van der Waals surface area contributed by atoms with Gasteiger partial charge in [0.2, 0.25) is 5.69 Å². The monoisotopic (exact) mass is 648 g/mol. The Bertz CT molecular complexity index is 1360. The molecule has 1 spiro atoms. The number of methoxy groups -OCH3 is 2. The van der Waals surface area contributed by atoms with Crippen molar-refractivity contribution in [2.45, 2.75) is 102 Å². The molecule has 1 fully saturated rings. The molecule has 0 aromatic carbocycles. The fourth-order valence-corrected chi connectivity index (χ4v) is 7.69. The van der Waals surface area contributed by atoms with Crippen LogP contribution in [0.1, 0.15) is 68.7 Å². The normalized spacial score (nSPS) is 26.4. The van der Waals surface area contributed by atoms with Crippen LogP contribution < -0.4 is 5.73 Å². The molecule has 17 heteroatoms. The predicted octanol–water partition coefficient (Wildman–Crippen LogP) is 3.06. The molecule has 1 aromatic rings. The van der Waals surface area contributed by atoms with Crippen molar-refractivity contribution >= 4 is 38.7 Å². The van der Waals surface area contributed by atoms with Crippen molar-refractivity contribution in [1.82, 2.24) is 15.0 Å². The lowest BCUT2D eigenvalue weighted by Gasteiger charge is -2.43. The molecule has 3 heterocycles. The number of hydrogen-bond acceptors (Lipinski definition) is 13. The summed E-state index contributed by atoms with van der Waals surface area (Å²) in [6.07, 6.45) is -3.74. The van der Waals surface area contributed by atoms with Crippen molar-refractivity contribution < 1.29 is 45.3 Å². The van der Waals surface area contributed by atoms with Gasteiger partial charge in [0.1, 0.15) is 12.2 Å². The summed E-state index contributed by atoms with van der Waals surface area (Å²) in [5.41, 5.74) is 3.66. The molecular weight excluding hydrogens is 605 g/mol. The van der Waals surface area contributed by atoms with Gasteiger partial charge in [-0.15, -0.1) is 5.10 Å². The molecule has 1 unspecified atom stereocenters. The minimum Gasteiger partial charge on any atom is -0.464 e. The van der Waals surface area contributed by atoms with E-state index in [4.69, 9.17) is 33.0 Å². The summed E-state index contributed by atoms with van der Waals surface area (Å²) < 4.78 is 62.2. The van der Waals surface area contributed by atoms with Crippen LogP contribution >= 0.6 is 0 Å². The minimum atomic E-state index is -4.26. The molecule has 2 N–H and O–H groups in total. The topological polar surface area (TPSA) is 180 Å². The molecule has 3 rings (SSSR count). The fraction of sp³-hybridized carbons (Fsp3) is 0.760. The molecule has 42 heavy (non-hydrogen) atoms. The van der Waals surface area contributed by atoms with Crippen LogP contribution in [0.4, 0.5) is 0 Å². The van der Waals surface area contributed by atoms with Crippen LogP contribution in [-0.2, 0) is 37.4 Å². The van der Waals surface area contributed by atoms with Crippen molar-refractivity contribution in [1.29, 1.82) is 0 Å². The maximum atomic E-state index is 13.0. The number of nitrogens with zero attached hydrogens (tertiary/aromatic N) is 3. The van der Waals surface area contributed by atoms with Crippen LogP contribution in [0.15, 0.2) is 11.1 Å². The van der Waals surface area contributed by atoms with E-state index in [1.54, 1.807) is 0 Å². The van der Waals surface area contributed by atoms with Gasteiger partial charge >= 0.3 is 11.9 Å². The largest absolute Gasteiger partial charge is 0.464 e. The Kier molecular flexibility index (Phi) is 9.06. The van der Waals surface area contributed by atoms with Gasteiger partial charge in [0, 0.05) is 0 Å². The molecule has 238 valence electrons. The van der Waals surface area contributed by atoms with Gasteiger partial charge in [0.15, 0.2) is 34.2 Å². The first-order chi connectivity index (χ1) is 19.0. The lowest BCUT2D eigenvalue weighted by atomic mass is 9.89. The summed E-state index contributed by atoms with van der Waals surface area (Å²) in [7, 11) is -7.15. The Hall–Kier alpha value is -2.16. The van der Waals surface area contributed by atoms with Crippen molar-refractivity contribution in [2.24, 2.45) is 5.73 Å². The molecule has 0 aliphatic carbocycles. The van der Waals surface area contributed by atoms with Crippen LogP contribution in [0, 0.1) is 0 Å². The summed E-state index contributed by atoms with van der Waals surface area (Å²) >= 11 is 0. The maximum Gasteiger partial charge on any atom is 0.361 e. The highest BCUT2D eigenvalue weighted by atomic mass is 32.2. The molecule has 2 aliphatic rings. The first kappa shape index (κ1) is 34.3. The quantitative estimate of drug-likeness (QED) is 0.247. The molecule has 4 atom stereocenters. The Morgan fingerprint density at radius 3 is 2.02 bits per heavy atom. The Balaban J connectivity index is 2.29. The molecule has 0 saturated carbocycles. The van der Waals surface area contributed by atoms with Crippen LogP contribution in [0.25, 0.3) is 0 Å². The Labute approximate surface area is 249 Å². The van der Waals surface area contributed by atoms with Gasteiger partial charge in [-0.1, -0.05) is 46.8 Å². The van der Waals surface area contributed by atoms with Gasteiger partial charge in [-0.25, -0.2) is 18.5 Å². The second-order valence-corrected chi connectivity index (χ2v) is 24.5. The lowest BCUT2D eigenvalue weighted by molar-refractivity contribution is -0.0606. The first-order valence-electron chi connectivity index (χ1n) is 13.5. The number of esters is 2. The third kappa shape index (κ3) is 5.96. The number of ether oxygens (including phenoxy) is 3.